The van der Waals surface area contributed by atoms with Crippen LogP contribution >= 0.6 is 0 Å². The van der Waals surface area contributed by atoms with Crippen molar-refractivity contribution < 1.29 is 13.2 Å². The van der Waals surface area contributed by atoms with Crippen molar-refractivity contribution in [1.29, 1.82) is 0 Å². The predicted molar refractivity (Wildman–Crippen MR) is 90.6 cm³/mol. The van der Waals surface area contributed by atoms with Crippen molar-refractivity contribution >= 4 is 21.6 Å². The molecule has 0 bridgehead atoms. The second kappa shape index (κ2) is 7.63. The number of nitrogens with one attached hydrogen (secondary N) is 1. The summed E-state index contributed by atoms with van der Waals surface area (Å²) in [7, 11) is -3.39. The van der Waals surface area contributed by atoms with Gasteiger partial charge in [-0.1, -0.05) is 39.8 Å². The third-order valence-corrected chi connectivity index (χ3v) is 4.58. The third kappa shape index (κ3) is 5.33. The first-order chi connectivity index (χ1) is 10.1. The van der Waals surface area contributed by atoms with Crippen molar-refractivity contribution in [3.8, 4) is 0 Å². The van der Waals surface area contributed by atoms with Gasteiger partial charge in [0.1, 0.15) is 0 Å². The molecule has 0 radical (unpaired) electrons. The van der Waals surface area contributed by atoms with Gasteiger partial charge in [-0.05, 0) is 23.6 Å². The molecule has 0 spiro atoms. The summed E-state index contributed by atoms with van der Waals surface area (Å²) in [4.78, 5) is 11.6. The summed E-state index contributed by atoms with van der Waals surface area (Å²) in [6.07, 6.45) is 1.17. The molecule has 1 N–H and O–H groups in total. The van der Waals surface area contributed by atoms with Gasteiger partial charge in [-0.3, -0.25) is 9.10 Å². The van der Waals surface area contributed by atoms with Gasteiger partial charge in [-0.15, -0.1) is 0 Å². The number of amides is 1. The zero-order valence-electron chi connectivity index (χ0n) is 14.0. The molecule has 0 aromatic heterocycles. The Balaban J connectivity index is 2.84. The van der Waals surface area contributed by atoms with Crippen LogP contribution in [0.2, 0.25) is 0 Å². The van der Waals surface area contributed by atoms with Gasteiger partial charge < -0.3 is 5.32 Å². The fourth-order valence-corrected chi connectivity index (χ4v) is 2.92. The second-order valence-electron chi connectivity index (χ2n) is 6.03. The van der Waals surface area contributed by atoms with E-state index in [1.807, 2.05) is 12.1 Å². The summed E-state index contributed by atoms with van der Waals surface area (Å²) in [5.74, 6) is 0.201. The van der Waals surface area contributed by atoms with Crippen molar-refractivity contribution in [2.45, 2.75) is 33.6 Å². The number of carbonyl (C=O) groups is 1. The van der Waals surface area contributed by atoms with Crippen molar-refractivity contribution in [2.24, 2.45) is 5.92 Å². The van der Waals surface area contributed by atoms with E-state index in [4.69, 9.17) is 0 Å². The van der Waals surface area contributed by atoms with Crippen LogP contribution in [-0.2, 0) is 14.8 Å². The summed E-state index contributed by atoms with van der Waals surface area (Å²) in [5, 5.41) is 2.74. The third-order valence-electron chi connectivity index (χ3n) is 3.39. The molecule has 5 nitrogen and oxygen atoms in total. The Labute approximate surface area is 133 Å². The molecule has 0 saturated carbocycles. The van der Waals surface area contributed by atoms with Crippen molar-refractivity contribution in [1.82, 2.24) is 5.32 Å². The van der Waals surface area contributed by atoms with Gasteiger partial charge in [0.05, 0.1) is 18.5 Å². The van der Waals surface area contributed by atoms with E-state index in [0.29, 0.717) is 11.6 Å². The van der Waals surface area contributed by atoms with Gasteiger partial charge in [0.15, 0.2) is 0 Å². The number of hydrogen-bond donors (Lipinski definition) is 1. The first-order valence-corrected chi connectivity index (χ1v) is 9.33. The number of rotatable bonds is 7. The van der Waals surface area contributed by atoms with Crippen LogP contribution in [0.4, 0.5) is 5.69 Å². The fraction of sp³-hybridized carbons (Fsp3) is 0.562. The molecule has 0 aliphatic rings. The normalized spacial score (nSPS) is 11.8. The predicted octanol–water partition coefficient (Wildman–Crippen LogP) is 2.35. The van der Waals surface area contributed by atoms with Gasteiger partial charge >= 0.3 is 0 Å². The lowest BCUT2D eigenvalue weighted by atomic mass is 10.0. The maximum Gasteiger partial charge on any atom is 0.232 e. The van der Waals surface area contributed by atoms with E-state index in [0.717, 1.165) is 5.56 Å². The van der Waals surface area contributed by atoms with E-state index >= 15 is 0 Å². The average Bonchev–Trinajstić information content (AvgIpc) is 2.42. The first-order valence-electron chi connectivity index (χ1n) is 7.48. The number of sulfonamides is 1. The summed E-state index contributed by atoms with van der Waals surface area (Å²) in [5.41, 5.74) is 1.77. The van der Waals surface area contributed by atoms with Crippen LogP contribution in [-0.4, -0.2) is 33.7 Å². The lowest BCUT2D eigenvalue weighted by molar-refractivity contribution is -0.123. The Kier molecular flexibility index (Phi) is 6.41. The zero-order valence-corrected chi connectivity index (χ0v) is 14.8. The van der Waals surface area contributed by atoms with Gasteiger partial charge in [-0.25, -0.2) is 8.42 Å². The minimum absolute atomic E-state index is 0.0800. The zero-order chi connectivity index (χ0) is 16.9. The Morgan fingerprint density at radius 3 is 2.09 bits per heavy atom. The molecule has 0 fully saturated rings. The maximum absolute atomic E-state index is 12.0. The van der Waals surface area contributed by atoms with Crippen LogP contribution in [0.15, 0.2) is 24.3 Å². The molecule has 0 aliphatic carbocycles. The molecule has 22 heavy (non-hydrogen) atoms. The Hall–Kier alpha value is -1.56. The lowest BCUT2D eigenvalue weighted by Crippen LogP contribution is -2.39. The molecule has 1 aromatic carbocycles. The largest absolute Gasteiger partial charge is 0.354 e. The standard InChI is InChI=1S/C16H26N2O3S/c1-12(2)14-6-8-15(9-7-14)18(22(5,20)21)11-10-17-16(19)13(3)4/h6-9,12-13H,10-11H2,1-5H3,(H,17,19). The van der Waals surface area contributed by atoms with Gasteiger partial charge in [0.2, 0.25) is 15.9 Å². The van der Waals surface area contributed by atoms with Crippen molar-refractivity contribution in [3.05, 3.63) is 29.8 Å². The smallest absolute Gasteiger partial charge is 0.232 e. The molecule has 0 heterocycles. The highest BCUT2D eigenvalue weighted by atomic mass is 32.2. The van der Waals surface area contributed by atoms with E-state index < -0.39 is 10.0 Å². The van der Waals surface area contributed by atoms with Gasteiger partial charge in [-0.2, -0.15) is 0 Å². The maximum atomic E-state index is 12.0. The van der Waals surface area contributed by atoms with E-state index in [-0.39, 0.29) is 24.9 Å². The lowest BCUT2D eigenvalue weighted by Gasteiger charge is -2.23. The second-order valence-corrected chi connectivity index (χ2v) is 7.93. The first kappa shape index (κ1) is 18.5. The Morgan fingerprint density at radius 2 is 1.68 bits per heavy atom. The van der Waals surface area contributed by atoms with Crippen LogP contribution in [0.3, 0.4) is 0 Å². The molecule has 0 unspecified atom stereocenters. The van der Waals surface area contributed by atoms with Crippen molar-refractivity contribution in [3.63, 3.8) is 0 Å². The molecule has 6 heteroatoms. The van der Waals surface area contributed by atoms with E-state index in [1.165, 1.54) is 10.6 Å². The summed E-state index contributed by atoms with van der Waals surface area (Å²) in [6, 6.07) is 7.48. The fourth-order valence-electron chi connectivity index (χ4n) is 2.00. The van der Waals surface area contributed by atoms with E-state index in [2.05, 4.69) is 19.2 Å². The highest BCUT2D eigenvalue weighted by Crippen LogP contribution is 2.21. The Bertz CT molecular complexity index is 592. The van der Waals surface area contributed by atoms with Crippen LogP contribution < -0.4 is 9.62 Å². The summed E-state index contributed by atoms with van der Waals surface area (Å²) >= 11 is 0. The molecule has 1 rings (SSSR count). The molecule has 1 amide bonds. The average molecular weight is 326 g/mol. The molecular weight excluding hydrogens is 300 g/mol. The molecule has 0 aliphatic heterocycles. The molecule has 124 valence electrons. The van der Waals surface area contributed by atoms with E-state index in [1.54, 1.807) is 26.0 Å². The van der Waals surface area contributed by atoms with Crippen LogP contribution in [0.1, 0.15) is 39.2 Å². The van der Waals surface area contributed by atoms with Crippen LogP contribution in [0.5, 0.6) is 0 Å². The highest BCUT2D eigenvalue weighted by molar-refractivity contribution is 7.92. The van der Waals surface area contributed by atoms with Gasteiger partial charge in [0.25, 0.3) is 0 Å². The monoisotopic (exact) mass is 326 g/mol. The number of carbonyl (C=O) groups excluding carboxylic acids is 1. The molecule has 0 saturated heterocycles. The minimum Gasteiger partial charge on any atom is -0.354 e. The number of hydrogen-bond acceptors (Lipinski definition) is 3. The van der Waals surface area contributed by atoms with Gasteiger partial charge in [0, 0.05) is 12.5 Å². The molecule has 0 atom stereocenters. The SMILES string of the molecule is CC(C)C(=O)NCCN(c1ccc(C(C)C)cc1)S(C)(=O)=O. The van der Waals surface area contributed by atoms with Crippen LogP contribution in [0.25, 0.3) is 0 Å². The Morgan fingerprint density at radius 1 is 1.14 bits per heavy atom. The topological polar surface area (TPSA) is 66.5 Å². The quantitative estimate of drug-likeness (QED) is 0.836. The highest BCUT2D eigenvalue weighted by Gasteiger charge is 2.18. The summed E-state index contributed by atoms with van der Waals surface area (Å²) < 4.78 is 25.3. The number of anilines is 1. The van der Waals surface area contributed by atoms with Crippen LogP contribution in [0, 0.1) is 5.92 Å². The summed E-state index contributed by atoms with van der Waals surface area (Å²) in [6.45, 7) is 8.28. The minimum atomic E-state index is -3.39. The van der Waals surface area contributed by atoms with E-state index in [9.17, 15) is 13.2 Å². The van der Waals surface area contributed by atoms with Crippen molar-refractivity contribution in [2.75, 3.05) is 23.7 Å². The number of nitrogens with zero attached hydrogens (tertiary/aromatic N) is 1. The molecular formula is C16H26N2O3S. The molecule has 1 aromatic rings. The number of benzene rings is 1.